The van der Waals surface area contributed by atoms with Gasteiger partial charge in [0.15, 0.2) is 17.4 Å². The number of hydrogen-bond donors (Lipinski definition) is 1. The van der Waals surface area contributed by atoms with Crippen LogP contribution in [-0.4, -0.2) is 12.1 Å². The van der Waals surface area contributed by atoms with Crippen molar-refractivity contribution in [2.24, 2.45) is 11.7 Å². The fourth-order valence-electron chi connectivity index (χ4n) is 1.65. The molecule has 1 atom stereocenters. The van der Waals surface area contributed by atoms with E-state index in [2.05, 4.69) is 0 Å². The number of benzene rings is 1. The van der Waals surface area contributed by atoms with E-state index < -0.39 is 22.9 Å². The standard InChI is InChI=1S/C12H12F2N2O/c13-9-2-1-3-10(14)11(9)17-7-12(16,6-15)8-4-5-8/h1-3,8H,4-5,7,16H2. The van der Waals surface area contributed by atoms with Crippen LogP contribution in [0.5, 0.6) is 5.75 Å². The molecule has 5 heteroatoms. The number of nitrogens with zero attached hydrogens (tertiary/aromatic N) is 1. The second-order valence-corrected chi connectivity index (χ2v) is 4.27. The molecule has 1 unspecified atom stereocenters. The Morgan fingerprint density at radius 3 is 2.47 bits per heavy atom. The van der Waals surface area contributed by atoms with Gasteiger partial charge in [0.2, 0.25) is 0 Å². The summed E-state index contributed by atoms with van der Waals surface area (Å²) < 4.78 is 31.5. The van der Waals surface area contributed by atoms with Gasteiger partial charge in [-0.05, 0) is 30.9 Å². The third-order valence-electron chi connectivity index (χ3n) is 2.89. The van der Waals surface area contributed by atoms with Gasteiger partial charge < -0.3 is 10.5 Å². The second kappa shape index (κ2) is 4.30. The minimum Gasteiger partial charge on any atom is -0.484 e. The fourth-order valence-corrected chi connectivity index (χ4v) is 1.65. The molecule has 0 aliphatic heterocycles. The zero-order valence-corrected chi connectivity index (χ0v) is 9.12. The van der Waals surface area contributed by atoms with E-state index in [1.54, 1.807) is 0 Å². The first-order valence-electron chi connectivity index (χ1n) is 5.34. The molecule has 0 heterocycles. The first-order valence-corrected chi connectivity index (χ1v) is 5.34. The Bertz CT molecular complexity index is 448. The molecule has 0 aromatic heterocycles. The largest absolute Gasteiger partial charge is 0.484 e. The summed E-state index contributed by atoms with van der Waals surface area (Å²) in [5.74, 6) is -2.00. The predicted molar refractivity (Wildman–Crippen MR) is 57.1 cm³/mol. The third kappa shape index (κ3) is 2.37. The normalized spacial score (nSPS) is 18.2. The molecule has 1 aromatic rings. The lowest BCUT2D eigenvalue weighted by atomic mass is 9.98. The molecule has 17 heavy (non-hydrogen) atoms. The highest BCUT2D eigenvalue weighted by Crippen LogP contribution is 2.38. The van der Waals surface area contributed by atoms with E-state index in [0.717, 1.165) is 25.0 Å². The van der Waals surface area contributed by atoms with Crippen molar-refractivity contribution in [3.05, 3.63) is 29.8 Å². The Kier molecular flexibility index (Phi) is 2.99. The van der Waals surface area contributed by atoms with E-state index >= 15 is 0 Å². The molecule has 90 valence electrons. The molecule has 0 amide bonds. The highest BCUT2D eigenvalue weighted by molar-refractivity contribution is 5.27. The molecule has 1 aliphatic carbocycles. The lowest BCUT2D eigenvalue weighted by molar-refractivity contribution is 0.219. The Hall–Kier alpha value is -1.67. The maximum absolute atomic E-state index is 13.3. The lowest BCUT2D eigenvalue weighted by Gasteiger charge is -2.21. The number of nitrogens with two attached hydrogens (primary N) is 1. The third-order valence-corrected chi connectivity index (χ3v) is 2.89. The van der Waals surface area contributed by atoms with Crippen LogP contribution in [0.3, 0.4) is 0 Å². The summed E-state index contributed by atoms with van der Waals surface area (Å²) in [5.41, 5.74) is 4.66. The summed E-state index contributed by atoms with van der Waals surface area (Å²) in [4.78, 5) is 0. The molecule has 0 saturated heterocycles. The van der Waals surface area contributed by atoms with Gasteiger partial charge in [-0.3, -0.25) is 0 Å². The molecule has 0 radical (unpaired) electrons. The van der Waals surface area contributed by atoms with Gasteiger partial charge in [0, 0.05) is 0 Å². The van der Waals surface area contributed by atoms with E-state index in [1.165, 1.54) is 6.07 Å². The number of nitriles is 1. The van der Waals surface area contributed by atoms with Crippen molar-refractivity contribution in [2.45, 2.75) is 18.4 Å². The van der Waals surface area contributed by atoms with Crippen LogP contribution in [0.15, 0.2) is 18.2 Å². The van der Waals surface area contributed by atoms with Crippen LogP contribution < -0.4 is 10.5 Å². The van der Waals surface area contributed by atoms with Crippen molar-refractivity contribution in [3.8, 4) is 11.8 Å². The Morgan fingerprint density at radius 1 is 1.41 bits per heavy atom. The van der Waals surface area contributed by atoms with Crippen molar-refractivity contribution in [1.82, 2.24) is 0 Å². The molecule has 1 aliphatic rings. The summed E-state index contributed by atoms with van der Waals surface area (Å²) >= 11 is 0. The van der Waals surface area contributed by atoms with Gasteiger partial charge in [-0.1, -0.05) is 6.07 Å². The predicted octanol–water partition coefficient (Wildman–Crippen LogP) is 1.97. The van der Waals surface area contributed by atoms with E-state index in [9.17, 15) is 8.78 Å². The highest BCUT2D eigenvalue weighted by Gasteiger charge is 2.43. The first-order chi connectivity index (χ1) is 8.07. The zero-order valence-electron chi connectivity index (χ0n) is 9.12. The van der Waals surface area contributed by atoms with Gasteiger partial charge in [0.05, 0.1) is 6.07 Å². The minimum atomic E-state index is -1.16. The Morgan fingerprint density at radius 2 is 2.00 bits per heavy atom. The number of halogens is 2. The van der Waals surface area contributed by atoms with Crippen LogP contribution in [-0.2, 0) is 0 Å². The summed E-state index contributed by atoms with van der Waals surface area (Å²) in [5, 5.41) is 8.97. The number of hydrogen-bond acceptors (Lipinski definition) is 3. The quantitative estimate of drug-likeness (QED) is 0.872. The summed E-state index contributed by atoms with van der Waals surface area (Å²) in [7, 11) is 0. The van der Waals surface area contributed by atoms with Crippen molar-refractivity contribution in [2.75, 3.05) is 6.61 Å². The van der Waals surface area contributed by atoms with E-state index in [1.807, 2.05) is 6.07 Å². The highest BCUT2D eigenvalue weighted by atomic mass is 19.1. The maximum atomic E-state index is 13.3. The van der Waals surface area contributed by atoms with Crippen LogP contribution >= 0.6 is 0 Å². The van der Waals surface area contributed by atoms with Crippen LogP contribution in [0.2, 0.25) is 0 Å². The summed E-state index contributed by atoms with van der Waals surface area (Å²) in [6.45, 7) is -0.202. The molecule has 3 nitrogen and oxygen atoms in total. The molecule has 1 saturated carbocycles. The van der Waals surface area contributed by atoms with Crippen LogP contribution in [0.1, 0.15) is 12.8 Å². The van der Waals surface area contributed by atoms with Gasteiger partial charge in [0.1, 0.15) is 12.1 Å². The number of rotatable bonds is 4. The monoisotopic (exact) mass is 238 g/mol. The Balaban J connectivity index is 2.09. The van der Waals surface area contributed by atoms with Crippen molar-refractivity contribution in [3.63, 3.8) is 0 Å². The fraction of sp³-hybridized carbons (Fsp3) is 0.417. The average molecular weight is 238 g/mol. The van der Waals surface area contributed by atoms with Gasteiger partial charge in [0.25, 0.3) is 0 Å². The topological polar surface area (TPSA) is 59.0 Å². The zero-order chi connectivity index (χ0) is 12.5. The minimum absolute atomic E-state index is 0.0577. The number of para-hydroxylation sites is 1. The van der Waals surface area contributed by atoms with Crippen LogP contribution in [0.25, 0.3) is 0 Å². The molecule has 0 bridgehead atoms. The summed E-state index contributed by atoms with van der Waals surface area (Å²) in [6.07, 6.45) is 1.71. The summed E-state index contributed by atoms with van der Waals surface area (Å²) in [6, 6.07) is 5.40. The van der Waals surface area contributed by atoms with Gasteiger partial charge in [-0.25, -0.2) is 8.78 Å². The van der Waals surface area contributed by atoms with Crippen molar-refractivity contribution < 1.29 is 13.5 Å². The second-order valence-electron chi connectivity index (χ2n) is 4.27. The van der Waals surface area contributed by atoms with E-state index in [-0.39, 0.29) is 12.5 Å². The molecule has 2 rings (SSSR count). The van der Waals surface area contributed by atoms with Gasteiger partial charge >= 0.3 is 0 Å². The smallest absolute Gasteiger partial charge is 0.190 e. The number of ether oxygens (including phenoxy) is 1. The lowest BCUT2D eigenvalue weighted by Crippen LogP contribution is -2.46. The van der Waals surface area contributed by atoms with Crippen LogP contribution in [0.4, 0.5) is 8.78 Å². The molecular weight excluding hydrogens is 226 g/mol. The molecule has 0 spiro atoms. The molecular formula is C12H12F2N2O. The van der Waals surface area contributed by atoms with Gasteiger partial charge in [-0.2, -0.15) is 5.26 Å². The van der Waals surface area contributed by atoms with Crippen LogP contribution in [0, 0.1) is 28.9 Å². The molecule has 1 fully saturated rings. The van der Waals surface area contributed by atoms with Crippen molar-refractivity contribution in [1.29, 1.82) is 5.26 Å². The maximum Gasteiger partial charge on any atom is 0.190 e. The first kappa shape index (κ1) is 11.8. The van der Waals surface area contributed by atoms with E-state index in [0.29, 0.717) is 0 Å². The Labute approximate surface area is 97.8 Å². The average Bonchev–Trinajstić information content (AvgIpc) is 3.12. The van der Waals surface area contributed by atoms with Crippen molar-refractivity contribution >= 4 is 0 Å². The molecule has 2 N–H and O–H groups in total. The van der Waals surface area contributed by atoms with E-state index in [4.69, 9.17) is 15.7 Å². The molecule has 1 aromatic carbocycles. The van der Waals surface area contributed by atoms with Gasteiger partial charge in [-0.15, -0.1) is 0 Å². The SMILES string of the molecule is N#CC(N)(COc1c(F)cccc1F)C1CC1.